The molecule has 1 heterocycles. The lowest BCUT2D eigenvalue weighted by molar-refractivity contribution is -0.133. The fourth-order valence-electron chi connectivity index (χ4n) is 1.71. The van der Waals surface area contributed by atoms with E-state index in [4.69, 9.17) is 16.7 Å². The number of carboxylic acids is 1. The van der Waals surface area contributed by atoms with Crippen LogP contribution in [0, 0.1) is 5.82 Å². The number of benzene rings is 1. The van der Waals surface area contributed by atoms with E-state index in [1.54, 1.807) is 0 Å². The number of hydrogen-bond donors (Lipinski definition) is 2. The van der Waals surface area contributed by atoms with Crippen molar-refractivity contribution in [3.63, 3.8) is 0 Å². The zero-order valence-electron chi connectivity index (χ0n) is 10.9. The number of imidazole rings is 1. The first-order valence-electron chi connectivity index (χ1n) is 5.83. The highest BCUT2D eigenvalue weighted by Crippen LogP contribution is 2.28. The molecule has 6 nitrogen and oxygen atoms in total. The number of aliphatic carboxylic acids is 1. The van der Waals surface area contributed by atoms with Crippen molar-refractivity contribution < 1.29 is 19.1 Å². The second kappa shape index (κ2) is 6.31. The first-order chi connectivity index (χ1) is 9.92. The summed E-state index contributed by atoms with van der Waals surface area (Å²) in [5.41, 5.74) is 0.784. The van der Waals surface area contributed by atoms with Crippen LogP contribution in [0.25, 0.3) is 11.0 Å². The maximum atomic E-state index is 13.5. The van der Waals surface area contributed by atoms with Gasteiger partial charge in [0.2, 0.25) is 5.91 Å². The largest absolute Gasteiger partial charge is 0.481 e. The molecule has 0 bridgehead atoms. The van der Waals surface area contributed by atoms with Gasteiger partial charge >= 0.3 is 5.97 Å². The highest BCUT2D eigenvalue weighted by atomic mass is 35.5. The van der Waals surface area contributed by atoms with E-state index in [1.807, 2.05) is 0 Å². The molecule has 0 spiro atoms. The predicted molar refractivity (Wildman–Crippen MR) is 77.1 cm³/mol. The standard InChI is InChI=1S/C12H11ClFN3O3S/c1-15-10(18)4-17-9-2-6(13)7(14)3-8(9)16-12(17)21-5-11(19)20/h2-3H,4-5H2,1H3,(H,15,18)(H,19,20). The van der Waals surface area contributed by atoms with E-state index in [0.717, 1.165) is 17.8 Å². The monoisotopic (exact) mass is 331 g/mol. The second-order valence-corrected chi connectivity index (χ2v) is 5.44. The lowest BCUT2D eigenvalue weighted by Crippen LogP contribution is -2.23. The van der Waals surface area contributed by atoms with Crippen LogP contribution in [0.2, 0.25) is 5.02 Å². The first kappa shape index (κ1) is 15.6. The van der Waals surface area contributed by atoms with Gasteiger partial charge in [-0.25, -0.2) is 9.37 Å². The van der Waals surface area contributed by atoms with Gasteiger partial charge in [-0.3, -0.25) is 9.59 Å². The Morgan fingerprint density at radius 1 is 1.52 bits per heavy atom. The van der Waals surface area contributed by atoms with Crippen molar-refractivity contribution in [2.75, 3.05) is 12.8 Å². The smallest absolute Gasteiger partial charge is 0.313 e. The summed E-state index contributed by atoms with van der Waals surface area (Å²) >= 11 is 6.70. The number of aromatic nitrogens is 2. The van der Waals surface area contributed by atoms with Crippen molar-refractivity contribution in [3.05, 3.63) is 23.0 Å². The number of carboxylic acid groups (broad SMARTS) is 1. The molecule has 0 saturated carbocycles. The molecular formula is C12H11ClFN3O3S. The Balaban J connectivity index is 2.51. The number of carbonyl (C=O) groups excluding carboxylic acids is 1. The van der Waals surface area contributed by atoms with Gasteiger partial charge in [-0.05, 0) is 6.07 Å². The molecule has 9 heteroatoms. The molecule has 1 aromatic carbocycles. The van der Waals surface area contributed by atoms with Crippen LogP contribution in [-0.4, -0.2) is 39.3 Å². The van der Waals surface area contributed by atoms with E-state index >= 15 is 0 Å². The lowest BCUT2D eigenvalue weighted by atomic mass is 10.3. The number of halogens is 2. The maximum Gasteiger partial charge on any atom is 0.313 e. The molecule has 1 amide bonds. The summed E-state index contributed by atoms with van der Waals surface area (Å²) in [6, 6.07) is 2.52. The van der Waals surface area contributed by atoms with Crippen molar-refractivity contribution in [2.45, 2.75) is 11.7 Å². The van der Waals surface area contributed by atoms with Gasteiger partial charge in [-0.1, -0.05) is 23.4 Å². The molecule has 0 radical (unpaired) electrons. The van der Waals surface area contributed by atoms with Crippen LogP contribution in [-0.2, 0) is 16.1 Å². The highest BCUT2D eigenvalue weighted by molar-refractivity contribution is 7.99. The second-order valence-electron chi connectivity index (χ2n) is 4.09. The van der Waals surface area contributed by atoms with Crippen molar-refractivity contribution in [3.8, 4) is 0 Å². The molecule has 0 atom stereocenters. The third kappa shape index (κ3) is 3.45. The summed E-state index contributed by atoms with van der Waals surface area (Å²) < 4.78 is 15.0. The lowest BCUT2D eigenvalue weighted by Gasteiger charge is -2.07. The minimum absolute atomic E-state index is 0.0586. The molecule has 1 aromatic heterocycles. The number of amides is 1. The van der Waals surface area contributed by atoms with E-state index in [1.165, 1.54) is 17.7 Å². The minimum atomic E-state index is -1.01. The summed E-state index contributed by atoms with van der Waals surface area (Å²) in [6.45, 7) is -0.0586. The third-order valence-electron chi connectivity index (χ3n) is 2.66. The average Bonchev–Trinajstić information content (AvgIpc) is 2.74. The Kier molecular flexibility index (Phi) is 4.69. The number of carbonyl (C=O) groups is 2. The first-order valence-corrected chi connectivity index (χ1v) is 7.19. The fraction of sp³-hybridized carbons (Fsp3) is 0.250. The van der Waals surface area contributed by atoms with Crippen LogP contribution in [0.15, 0.2) is 17.3 Å². The van der Waals surface area contributed by atoms with Gasteiger partial charge in [0, 0.05) is 13.1 Å². The predicted octanol–water partition coefficient (Wildman–Crippen LogP) is 1.75. The van der Waals surface area contributed by atoms with E-state index in [0.29, 0.717) is 16.2 Å². The number of likely N-dealkylation sites (N-methyl/N-ethyl adjacent to an activating group) is 1. The molecular weight excluding hydrogens is 321 g/mol. The van der Waals surface area contributed by atoms with Gasteiger partial charge in [0.25, 0.3) is 0 Å². The summed E-state index contributed by atoms with van der Waals surface area (Å²) in [7, 11) is 1.48. The topological polar surface area (TPSA) is 84.2 Å². The van der Waals surface area contributed by atoms with Crippen molar-refractivity contribution >= 4 is 46.3 Å². The Morgan fingerprint density at radius 2 is 2.24 bits per heavy atom. The molecule has 2 aromatic rings. The maximum absolute atomic E-state index is 13.5. The number of nitrogens with zero attached hydrogens (tertiary/aromatic N) is 2. The summed E-state index contributed by atoms with van der Waals surface area (Å²) in [5, 5.41) is 11.4. The Morgan fingerprint density at radius 3 is 2.86 bits per heavy atom. The van der Waals surface area contributed by atoms with Gasteiger partial charge in [-0.2, -0.15) is 0 Å². The minimum Gasteiger partial charge on any atom is -0.481 e. The van der Waals surface area contributed by atoms with E-state index < -0.39 is 11.8 Å². The number of hydrogen-bond acceptors (Lipinski definition) is 4. The molecule has 2 N–H and O–H groups in total. The molecule has 0 unspecified atom stereocenters. The summed E-state index contributed by atoms with van der Waals surface area (Å²) in [6.07, 6.45) is 0. The number of nitrogens with one attached hydrogen (secondary N) is 1. The Bertz CT molecular complexity index is 719. The molecule has 2 rings (SSSR count). The van der Waals surface area contributed by atoms with Crippen molar-refractivity contribution in [1.82, 2.24) is 14.9 Å². The Hall–Kier alpha value is -1.80. The molecule has 0 aliphatic heterocycles. The van der Waals surface area contributed by atoms with Crippen LogP contribution in [0.4, 0.5) is 4.39 Å². The molecule has 0 saturated heterocycles. The molecule has 0 fully saturated rings. The Labute approximate surface area is 128 Å². The van der Waals surface area contributed by atoms with Crippen LogP contribution in [0.5, 0.6) is 0 Å². The number of thioether (sulfide) groups is 1. The van der Waals surface area contributed by atoms with Gasteiger partial charge in [0.1, 0.15) is 12.4 Å². The van der Waals surface area contributed by atoms with Crippen LogP contribution >= 0.6 is 23.4 Å². The zero-order chi connectivity index (χ0) is 15.6. The van der Waals surface area contributed by atoms with E-state index in [9.17, 15) is 14.0 Å². The van der Waals surface area contributed by atoms with Crippen LogP contribution in [0.3, 0.4) is 0 Å². The van der Waals surface area contributed by atoms with Crippen LogP contribution in [0.1, 0.15) is 0 Å². The van der Waals surface area contributed by atoms with E-state index in [2.05, 4.69) is 10.3 Å². The highest BCUT2D eigenvalue weighted by Gasteiger charge is 2.16. The van der Waals surface area contributed by atoms with Gasteiger partial charge < -0.3 is 15.0 Å². The van der Waals surface area contributed by atoms with Crippen molar-refractivity contribution in [1.29, 1.82) is 0 Å². The third-order valence-corrected chi connectivity index (χ3v) is 3.91. The van der Waals surface area contributed by atoms with Crippen LogP contribution < -0.4 is 5.32 Å². The zero-order valence-corrected chi connectivity index (χ0v) is 12.5. The molecule has 112 valence electrons. The molecule has 0 aliphatic rings. The number of rotatable bonds is 5. The summed E-state index contributed by atoms with van der Waals surface area (Å²) in [4.78, 5) is 26.4. The van der Waals surface area contributed by atoms with Gasteiger partial charge in [0.05, 0.1) is 21.8 Å². The average molecular weight is 332 g/mol. The van der Waals surface area contributed by atoms with Gasteiger partial charge in [0.15, 0.2) is 5.16 Å². The number of fused-ring (bicyclic) bond motifs is 1. The normalized spacial score (nSPS) is 10.8. The van der Waals surface area contributed by atoms with Gasteiger partial charge in [-0.15, -0.1) is 0 Å². The fourth-order valence-corrected chi connectivity index (χ4v) is 2.60. The summed E-state index contributed by atoms with van der Waals surface area (Å²) in [5.74, 6) is -2.13. The van der Waals surface area contributed by atoms with Crippen molar-refractivity contribution in [2.24, 2.45) is 0 Å². The van der Waals surface area contributed by atoms with E-state index in [-0.39, 0.29) is 23.2 Å². The quantitative estimate of drug-likeness (QED) is 0.815. The molecule has 0 aliphatic carbocycles. The molecule has 21 heavy (non-hydrogen) atoms. The SMILES string of the molecule is CNC(=O)Cn1c(SCC(=O)O)nc2cc(F)c(Cl)cc21.